The zero-order valence-corrected chi connectivity index (χ0v) is 25.2. The molecule has 6 aromatic carbocycles. The Morgan fingerprint density at radius 2 is 1.13 bits per heavy atom. The van der Waals surface area contributed by atoms with Gasteiger partial charge in [0, 0.05) is 38.6 Å². The van der Waals surface area contributed by atoms with E-state index in [0.717, 1.165) is 43.8 Å². The van der Waals surface area contributed by atoms with E-state index in [1.54, 1.807) is 12.2 Å². The Labute approximate surface area is 270 Å². The Bertz CT molecular complexity index is 2440. The van der Waals surface area contributed by atoms with Gasteiger partial charge in [0.2, 0.25) is 0 Å². The molecule has 0 unspecified atom stereocenters. The van der Waals surface area contributed by atoms with Gasteiger partial charge in [-0.05, 0) is 47.2 Å². The minimum Gasteiger partial charge on any atom is -0.456 e. The van der Waals surface area contributed by atoms with Crippen LogP contribution in [0, 0.1) is 10.8 Å². The van der Waals surface area contributed by atoms with Gasteiger partial charge in [-0.2, -0.15) is 0 Å². The maximum Gasteiger partial charge on any atom is 0.164 e. The van der Waals surface area contributed by atoms with Crippen molar-refractivity contribution in [3.63, 3.8) is 0 Å². The van der Waals surface area contributed by atoms with Gasteiger partial charge in [-0.1, -0.05) is 115 Å². The number of rotatable bonds is 7. The third-order valence-corrected chi connectivity index (χ3v) is 8.24. The summed E-state index contributed by atoms with van der Waals surface area (Å²) in [6.07, 6.45) is 3.37. The Morgan fingerprint density at radius 3 is 1.87 bits per heavy atom. The number of benzene rings is 6. The average molecular weight is 606 g/mol. The first-order valence-electron chi connectivity index (χ1n) is 15.3. The number of furan rings is 1. The van der Waals surface area contributed by atoms with Crippen molar-refractivity contribution in [3.05, 3.63) is 163 Å². The molecule has 0 saturated heterocycles. The van der Waals surface area contributed by atoms with E-state index >= 15 is 0 Å². The van der Waals surface area contributed by atoms with Crippen LogP contribution in [0.2, 0.25) is 0 Å². The standard InChI is InChI=1S/C41H27N5O/c42-34(22-23-35(43)31-18-9-16-26-11-7-8-17-30(26)31)29-21-24-36-33(25-29)38-32(19-10-20-37(38)47-36)41-45-39(27-12-3-1-4-13-27)44-40(46-41)28-14-5-2-6-15-28/h1-25,42-43H/b23-22-,42-34?,43-35?. The summed E-state index contributed by atoms with van der Waals surface area (Å²) in [4.78, 5) is 14.7. The Balaban J connectivity index is 1.21. The van der Waals surface area contributed by atoms with Crippen molar-refractivity contribution in [2.45, 2.75) is 0 Å². The van der Waals surface area contributed by atoms with Gasteiger partial charge in [-0.15, -0.1) is 0 Å². The number of fused-ring (bicyclic) bond motifs is 4. The fraction of sp³-hybridized carbons (Fsp3) is 0. The van der Waals surface area contributed by atoms with Gasteiger partial charge in [0.05, 0.1) is 11.4 Å². The van der Waals surface area contributed by atoms with Crippen LogP contribution in [0.1, 0.15) is 11.1 Å². The summed E-state index contributed by atoms with van der Waals surface area (Å²) in [6, 6.07) is 45.4. The molecular formula is C41H27N5O. The maximum absolute atomic E-state index is 8.90. The third kappa shape index (κ3) is 5.28. The number of nitrogens with zero attached hydrogens (tertiary/aromatic N) is 3. The molecule has 2 heterocycles. The van der Waals surface area contributed by atoms with Crippen molar-refractivity contribution < 1.29 is 4.42 Å². The van der Waals surface area contributed by atoms with E-state index < -0.39 is 0 Å². The molecule has 47 heavy (non-hydrogen) atoms. The van der Waals surface area contributed by atoms with E-state index in [2.05, 4.69) is 0 Å². The zero-order chi connectivity index (χ0) is 31.7. The minimum atomic E-state index is 0.293. The van der Waals surface area contributed by atoms with Crippen molar-refractivity contribution >= 4 is 44.1 Å². The molecule has 0 aliphatic carbocycles. The van der Waals surface area contributed by atoms with Crippen LogP contribution < -0.4 is 0 Å². The summed E-state index contributed by atoms with van der Waals surface area (Å²) in [5.41, 5.74) is 6.20. The van der Waals surface area contributed by atoms with Gasteiger partial charge in [0.25, 0.3) is 0 Å². The summed E-state index contributed by atoms with van der Waals surface area (Å²) >= 11 is 0. The molecule has 0 saturated carbocycles. The van der Waals surface area contributed by atoms with Crippen LogP contribution in [0.5, 0.6) is 0 Å². The van der Waals surface area contributed by atoms with Gasteiger partial charge in [0.1, 0.15) is 11.2 Å². The summed E-state index contributed by atoms with van der Waals surface area (Å²) in [7, 11) is 0. The van der Waals surface area contributed by atoms with E-state index in [1.807, 2.05) is 140 Å². The lowest BCUT2D eigenvalue weighted by Gasteiger charge is -2.09. The highest BCUT2D eigenvalue weighted by Gasteiger charge is 2.18. The third-order valence-electron chi connectivity index (χ3n) is 8.24. The molecular weight excluding hydrogens is 578 g/mol. The monoisotopic (exact) mass is 605 g/mol. The number of aromatic nitrogens is 3. The van der Waals surface area contributed by atoms with Gasteiger partial charge in [-0.3, -0.25) is 0 Å². The van der Waals surface area contributed by atoms with Crippen LogP contribution in [-0.2, 0) is 0 Å². The lowest BCUT2D eigenvalue weighted by Crippen LogP contribution is -2.00. The lowest BCUT2D eigenvalue weighted by atomic mass is 9.99. The first-order valence-corrected chi connectivity index (χ1v) is 15.3. The van der Waals surface area contributed by atoms with Gasteiger partial charge in [-0.25, -0.2) is 15.0 Å². The predicted octanol–water partition coefficient (Wildman–Crippen LogP) is 9.92. The van der Waals surface area contributed by atoms with Crippen LogP contribution in [-0.4, -0.2) is 26.4 Å². The van der Waals surface area contributed by atoms with Crippen LogP contribution in [0.15, 0.2) is 156 Å². The van der Waals surface area contributed by atoms with Gasteiger partial charge < -0.3 is 15.2 Å². The van der Waals surface area contributed by atoms with Gasteiger partial charge in [0.15, 0.2) is 17.5 Å². The van der Waals surface area contributed by atoms with Gasteiger partial charge >= 0.3 is 0 Å². The molecule has 0 spiro atoms. The Morgan fingerprint density at radius 1 is 0.511 bits per heavy atom. The number of nitrogens with one attached hydrogen (secondary N) is 2. The zero-order valence-electron chi connectivity index (χ0n) is 25.2. The molecule has 222 valence electrons. The molecule has 8 aromatic rings. The SMILES string of the molecule is N=C(/C=C\C(=N)c1cccc2ccccc12)c1ccc2oc3cccc(-c4nc(-c5ccccc5)nc(-c5ccccc5)n4)c3c2c1. The summed E-state index contributed by atoms with van der Waals surface area (Å²) in [5.74, 6) is 1.70. The fourth-order valence-electron chi connectivity index (χ4n) is 5.92. The Kier molecular flexibility index (Phi) is 7.00. The average Bonchev–Trinajstić information content (AvgIpc) is 3.52. The van der Waals surface area contributed by atoms with Crippen molar-refractivity contribution in [3.8, 4) is 34.2 Å². The highest BCUT2D eigenvalue weighted by atomic mass is 16.3. The summed E-state index contributed by atoms with van der Waals surface area (Å²) in [5, 5.41) is 21.5. The number of hydrogen-bond acceptors (Lipinski definition) is 6. The van der Waals surface area contributed by atoms with E-state index in [4.69, 9.17) is 30.2 Å². The van der Waals surface area contributed by atoms with E-state index in [1.165, 1.54) is 0 Å². The largest absolute Gasteiger partial charge is 0.456 e. The number of allylic oxidation sites excluding steroid dienone is 2. The van der Waals surface area contributed by atoms with E-state index in [-0.39, 0.29) is 0 Å². The maximum atomic E-state index is 8.90. The molecule has 6 nitrogen and oxygen atoms in total. The quantitative estimate of drug-likeness (QED) is 0.177. The molecule has 0 fully saturated rings. The van der Waals surface area contributed by atoms with Crippen LogP contribution in [0.3, 0.4) is 0 Å². The molecule has 2 N–H and O–H groups in total. The van der Waals surface area contributed by atoms with Crippen LogP contribution in [0.25, 0.3) is 66.9 Å². The second kappa shape index (κ2) is 11.8. The highest BCUT2D eigenvalue weighted by molar-refractivity contribution is 6.19. The molecule has 0 amide bonds. The van der Waals surface area contributed by atoms with E-state index in [9.17, 15) is 0 Å². The highest BCUT2D eigenvalue weighted by Crippen LogP contribution is 2.37. The first-order chi connectivity index (χ1) is 23.1. The molecule has 2 aromatic heterocycles. The molecule has 0 radical (unpaired) electrons. The second-order valence-corrected chi connectivity index (χ2v) is 11.2. The second-order valence-electron chi connectivity index (χ2n) is 11.2. The summed E-state index contributed by atoms with van der Waals surface area (Å²) in [6.45, 7) is 0. The smallest absolute Gasteiger partial charge is 0.164 e. The summed E-state index contributed by atoms with van der Waals surface area (Å²) < 4.78 is 6.28. The predicted molar refractivity (Wildman–Crippen MR) is 190 cm³/mol. The fourth-order valence-corrected chi connectivity index (χ4v) is 5.92. The van der Waals surface area contributed by atoms with Crippen molar-refractivity contribution in [1.82, 2.24) is 15.0 Å². The normalized spacial score (nSPS) is 11.5. The van der Waals surface area contributed by atoms with Crippen LogP contribution in [0.4, 0.5) is 0 Å². The molecule has 0 atom stereocenters. The molecule has 8 rings (SSSR count). The van der Waals surface area contributed by atoms with Crippen molar-refractivity contribution in [2.75, 3.05) is 0 Å². The van der Waals surface area contributed by atoms with Crippen LogP contribution >= 0.6 is 0 Å². The van der Waals surface area contributed by atoms with E-state index in [0.29, 0.717) is 45.6 Å². The topological polar surface area (TPSA) is 99.5 Å². The molecule has 0 aliphatic heterocycles. The molecule has 0 bridgehead atoms. The number of hydrogen-bond donors (Lipinski definition) is 2. The Hall–Kier alpha value is -6.53. The minimum absolute atomic E-state index is 0.293. The lowest BCUT2D eigenvalue weighted by molar-refractivity contribution is 0.669. The van der Waals surface area contributed by atoms with Crippen molar-refractivity contribution in [2.24, 2.45) is 0 Å². The van der Waals surface area contributed by atoms with Crippen molar-refractivity contribution in [1.29, 1.82) is 10.8 Å². The molecule has 0 aliphatic rings. The first kappa shape index (κ1) is 28.0. The molecule has 6 heteroatoms.